The topological polar surface area (TPSA) is 66.8 Å². The van der Waals surface area contributed by atoms with Crippen LogP contribution in [0.4, 0.5) is 11.8 Å². The zero-order valence-corrected chi connectivity index (χ0v) is 12.0. The summed E-state index contributed by atoms with van der Waals surface area (Å²) in [7, 11) is 1.99. The lowest BCUT2D eigenvalue weighted by atomic mass is 10.3. The van der Waals surface area contributed by atoms with Crippen LogP contribution in [-0.2, 0) is 6.54 Å². The summed E-state index contributed by atoms with van der Waals surface area (Å²) in [6.45, 7) is 3.80. The fourth-order valence-electron chi connectivity index (χ4n) is 1.73. The van der Waals surface area contributed by atoms with E-state index >= 15 is 0 Å². The predicted octanol–water partition coefficient (Wildman–Crippen LogP) is 2.11. The van der Waals surface area contributed by atoms with Gasteiger partial charge in [0, 0.05) is 32.5 Å². The minimum absolute atomic E-state index is 0.651. The summed E-state index contributed by atoms with van der Waals surface area (Å²) in [6, 6.07) is 3.94. The molecule has 0 fully saturated rings. The van der Waals surface area contributed by atoms with Crippen molar-refractivity contribution in [3.8, 4) is 0 Å². The lowest BCUT2D eigenvalue weighted by molar-refractivity contribution is 0.740. The Hall–Kier alpha value is -2.24. The molecule has 0 radical (unpaired) electrons. The van der Waals surface area contributed by atoms with Crippen molar-refractivity contribution < 1.29 is 0 Å². The van der Waals surface area contributed by atoms with Gasteiger partial charge in [0.15, 0.2) is 5.82 Å². The maximum atomic E-state index is 4.47. The molecule has 0 saturated heterocycles. The van der Waals surface area contributed by atoms with Crippen LogP contribution in [0.15, 0.2) is 30.7 Å². The number of nitrogens with one attached hydrogen (secondary N) is 1. The van der Waals surface area contributed by atoms with E-state index in [0.29, 0.717) is 12.5 Å². The van der Waals surface area contributed by atoms with Crippen molar-refractivity contribution in [1.82, 2.24) is 20.2 Å². The minimum Gasteiger partial charge on any atom is -0.365 e. The fourth-order valence-corrected chi connectivity index (χ4v) is 1.73. The van der Waals surface area contributed by atoms with Crippen molar-refractivity contribution in [2.24, 2.45) is 0 Å². The van der Waals surface area contributed by atoms with E-state index in [1.165, 1.54) is 0 Å². The van der Waals surface area contributed by atoms with E-state index in [2.05, 4.69) is 32.4 Å². The molecule has 0 aliphatic rings. The Morgan fingerprint density at radius 3 is 2.80 bits per heavy atom. The molecule has 2 heterocycles. The average molecular weight is 272 g/mol. The maximum absolute atomic E-state index is 4.47. The Morgan fingerprint density at radius 1 is 1.25 bits per heavy atom. The summed E-state index contributed by atoms with van der Waals surface area (Å²) in [4.78, 5) is 10.5. The fraction of sp³-hybridized carbons (Fsp3) is 0.429. The number of rotatable bonds is 7. The third-order valence-electron chi connectivity index (χ3n) is 2.96. The van der Waals surface area contributed by atoms with Gasteiger partial charge in [0.2, 0.25) is 5.95 Å². The highest BCUT2D eigenvalue weighted by molar-refractivity contribution is 5.38. The second kappa shape index (κ2) is 7.37. The number of pyridine rings is 1. The smallest absolute Gasteiger partial charge is 0.247 e. The lowest BCUT2D eigenvalue weighted by Crippen LogP contribution is -2.21. The van der Waals surface area contributed by atoms with Gasteiger partial charge in [-0.3, -0.25) is 4.98 Å². The van der Waals surface area contributed by atoms with Gasteiger partial charge in [-0.1, -0.05) is 13.3 Å². The largest absolute Gasteiger partial charge is 0.365 e. The van der Waals surface area contributed by atoms with E-state index in [1.54, 1.807) is 18.6 Å². The Balaban J connectivity index is 1.95. The lowest BCUT2D eigenvalue weighted by Gasteiger charge is -2.16. The average Bonchev–Trinajstić information content (AvgIpc) is 2.52. The van der Waals surface area contributed by atoms with Gasteiger partial charge in [-0.2, -0.15) is 10.1 Å². The van der Waals surface area contributed by atoms with Gasteiger partial charge < -0.3 is 10.2 Å². The van der Waals surface area contributed by atoms with Gasteiger partial charge in [0.1, 0.15) is 0 Å². The van der Waals surface area contributed by atoms with Crippen molar-refractivity contribution in [2.75, 3.05) is 23.8 Å². The van der Waals surface area contributed by atoms with Crippen LogP contribution in [0.2, 0.25) is 0 Å². The molecule has 0 bridgehead atoms. The highest BCUT2D eigenvalue weighted by Crippen LogP contribution is 2.09. The Kier molecular flexibility index (Phi) is 5.23. The second-order valence-corrected chi connectivity index (χ2v) is 4.63. The zero-order valence-electron chi connectivity index (χ0n) is 12.0. The minimum atomic E-state index is 0.651. The number of unbranched alkanes of at least 4 members (excludes halogenated alkanes) is 1. The zero-order chi connectivity index (χ0) is 14.2. The molecule has 2 aromatic heterocycles. The summed E-state index contributed by atoms with van der Waals surface area (Å²) in [5.41, 5.74) is 1.15. The first-order valence-electron chi connectivity index (χ1n) is 6.83. The Labute approximate surface area is 119 Å². The first kappa shape index (κ1) is 14.2. The van der Waals surface area contributed by atoms with Gasteiger partial charge in [-0.25, -0.2) is 0 Å². The molecule has 0 saturated carbocycles. The second-order valence-electron chi connectivity index (χ2n) is 4.63. The highest BCUT2D eigenvalue weighted by atomic mass is 15.3. The summed E-state index contributed by atoms with van der Waals surface area (Å²) < 4.78 is 0. The van der Waals surface area contributed by atoms with Crippen molar-refractivity contribution in [3.05, 3.63) is 36.3 Å². The monoisotopic (exact) mass is 272 g/mol. The highest BCUT2D eigenvalue weighted by Gasteiger charge is 2.05. The van der Waals surface area contributed by atoms with Crippen LogP contribution < -0.4 is 10.2 Å². The quantitative estimate of drug-likeness (QED) is 0.832. The molecule has 0 amide bonds. The molecule has 1 N–H and O–H groups in total. The molecule has 106 valence electrons. The van der Waals surface area contributed by atoms with E-state index in [9.17, 15) is 0 Å². The van der Waals surface area contributed by atoms with Gasteiger partial charge >= 0.3 is 0 Å². The summed E-state index contributed by atoms with van der Waals surface area (Å²) >= 11 is 0. The van der Waals surface area contributed by atoms with Gasteiger partial charge in [-0.05, 0) is 24.1 Å². The van der Waals surface area contributed by atoms with Gasteiger partial charge in [0.25, 0.3) is 0 Å². The number of hydrogen-bond acceptors (Lipinski definition) is 6. The molecule has 20 heavy (non-hydrogen) atoms. The summed E-state index contributed by atoms with van der Waals surface area (Å²) in [5.74, 6) is 1.38. The van der Waals surface area contributed by atoms with Gasteiger partial charge in [-0.15, -0.1) is 5.10 Å². The number of aromatic nitrogens is 4. The van der Waals surface area contributed by atoms with E-state index in [4.69, 9.17) is 0 Å². The summed E-state index contributed by atoms with van der Waals surface area (Å²) in [5, 5.41) is 11.3. The molecule has 0 aromatic carbocycles. The van der Waals surface area contributed by atoms with Crippen molar-refractivity contribution >= 4 is 11.8 Å². The maximum Gasteiger partial charge on any atom is 0.247 e. The predicted molar refractivity (Wildman–Crippen MR) is 79.6 cm³/mol. The van der Waals surface area contributed by atoms with Crippen LogP contribution >= 0.6 is 0 Å². The van der Waals surface area contributed by atoms with Crippen molar-refractivity contribution in [2.45, 2.75) is 26.3 Å². The Morgan fingerprint density at radius 2 is 2.05 bits per heavy atom. The van der Waals surface area contributed by atoms with Crippen molar-refractivity contribution in [1.29, 1.82) is 0 Å². The number of anilines is 2. The van der Waals surface area contributed by atoms with Crippen LogP contribution in [0.25, 0.3) is 0 Å². The van der Waals surface area contributed by atoms with Crippen LogP contribution in [0.1, 0.15) is 25.3 Å². The molecule has 6 heteroatoms. The molecular formula is C14H20N6. The number of nitrogens with zero attached hydrogens (tertiary/aromatic N) is 5. The molecule has 0 spiro atoms. The van der Waals surface area contributed by atoms with Crippen LogP contribution in [0.5, 0.6) is 0 Å². The Bertz CT molecular complexity index is 516. The molecular weight excluding hydrogens is 252 g/mol. The molecule has 0 unspecified atom stereocenters. The van der Waals surface area contributed by atoms with E-state index in [0.717, 1.165) is 30.8 Å². The normalized spacial score (nSPS) is 10.3. The molecule has 0 aliphatic carbocycles. The molecule has 6 nitrogen and oxygen atoms in total. The van der Waals surface area contributed by atoms with Gasteiger partial charge in [0.05, 0.1) is 6.20 Å². The first-order valence-corrected chi connectivity index (χ1v) is 6.83. The molecule has 0 atom stereocenters. The SMILES string of the molecule is CCCCN(C)c1nncc(NCc2ccncc2)n1. The van der Waals surface area contributed by atoms with Crippen LogP contribution in [0.3, 0.4) is 0 Å². The first-order chi connectivity index (χ1) is 9.79. The van der Waals surface area contributed by atoms with E-state index in [1.807, 2.05) is 24.1 Å². The molecule has 0 aliphatic heterocycles. The van der Waals surface area contributed by atoms with Crippen molar-refractivity contribution in [3.63, 3.8) is 0 Å². The van der Waals surface area contributed by atoms with E-state index < -0.39 is 0 Å². The third-order valence-corrected chi connectivity index (χ3v) is 2.96. The van der Waals surface area contributed by atoms with E-state index in [-0.39, 0.29) is 0 Å². The standard InChI is InChI=1S/C14H20N6/c1-3-4-9-20(2)14-18-13(11-17-19-14)16-10-12-5-7-15-8-6-12/h5-8,11H,3-4,9-10H2,1-2H3,(H,16,18,19). The molecule has 2 aromatic rings. The van der Waals surface area contributed by atoms with Crippen LogP contribution in [-0.4, -0.2) is 33.8 Å². The number of hydrogen-bond donors (Lipinski definition) is 1. The molecule has 2 rings (SSSR count). The summed E-state index contributed by atoms with van der Waals surface area (Å²) in [6.07, 6.45) is 7.46. The third kappa shape index (κ3) is 4.15. The van der Waals surface area contributed by atoms with Crippen LogP contribution in [0, 0.1) is 0 Å².